The number of hydrogen-bond donors (Lipinski definition) is 2. The number of benzene rings is 1. The van der Waals surface area contributed by atoms with Crippen molar-refractivity contribution >= 4 is 27.0 Å². The number of furan rings is 1. The molecule has 2 amide bonds. The monoisotopic (exact) mass is 418 g/mol. The summed E-state index contributed by atoms with van der Waals surface area (Å²) >= 11 is 0. The Kier molecular flexibility index (Phi) is 4.38. The van der Waals surface area contributed by atoms with E-state index < -0.39 is 10.0 Å². The van der Waals surface area contributed by atoms with Crippen LogP contribution in [0.2, 0.25) is 0 Å². The van der Waals surface area contributed by atoms with Crippen LogP contribution in [0.3, 0.4) is 0 Å². The van der Waals surface area contributed by atoms with Gasteiger partial charge in [0.15, 0.2) is 0 Å². The van der Waals surface area contributed by atoms with E-state index in [2.05, 4.69) is 21.0 Å². The number of piperidine rings is 1. The average molecular weight is 419 g/mol. The number of fused-ring (bicyclic) bond motifs is 5. The van der Waals surface area contributed by atoms with Crippen LogP contribution in [0.4, 0.5) is 4.79 Å². The second-order valence-corrected chi connectivity index (χ2v) is 10.2. The molecule has 2 saturated heterocycles. The Labute approximate surface area is 170 Å². The molecule has 1 aromatic heterocycles. The van der Waals surface area contributed by atoms with E-state index in [1.54, 1.807) is 0 Å². The van der Waals surface area contributed by atoms with Crippen molar-refractivity contribution in [3.8, 4) is 0 Å². The fourth-order valence-corrected chi connectivity index (χ4v) is 5.72. The van der Waals surface area contributed by atoms with E-state index in [4.69, 9.17) is 4.42 Å². The summed E-state index contributed by atoms with van der Waals surface area (Å²) in [6, 6.07) is 8.19. The number of hydrogen-bond acceptors (Lipinski definition) is 5. The number of sulfonamides is 1. The number of carbonyl (C=O) groups is 1. The number of nitrogens with one attached hydrogen (secondary N) is 2. The number of rotatable bonds is 4. The summed E-state index contributed by atoms with van der Waals surface area (Å²) in [5, 5.41) is 4.18. The predicted octanol–water partition coefficient (Wildman–Crippen LogP) is 1.44. The second-order valence-electron chi connectivity index (χ2n) is 8.40. The lowest BCUT2D eigenvalue weighted by molar-refractivity contribution is 0.0225. The molecule has 3 aliphatic rings. The summed E-state index contributed by atoms with van der Waals surface area (Å²) in [6.07, 6.45) is 3.78. The third kappa shape index (κ3) is 3.21. The molecule has 1 aromatic carbocycles. The van der Waals surface area contributed by atoms with Crippen molar-refractivity contribution in [1.29, 1.82) is 0 Å². The summed E-state index contributed by atoms with van der Waals surface area (Å²) in [7, 11) is -3.28. The zero-order valence-corrected chi connectivity index (χ0v) is 17.3. The van der Waals surface area contributed by atoms with Gasteiger partial charge in [0.1, 0.15) is 11.3 Å². The predicted molar refractivity (Wildman–Crippen MR) is 109 cm³/mol. The molecule has 0 aliphatic carbocycles. The van der Waals surface area contributed by atoms with Crippen molar-refractivity contribution in [1.82, 2.24) is 19.8 Å². The Hall–Kier alpha value is -2.10. The van der Waals surface area contributed by atoms with Gasteiger partial charge in [-0.25, -0.2) is 17.9 Å². The Morgan fingerprint density at radius 3 is 2.97 bits per heavy atom. The van der Waals surface area contributed by atoms with Crippen molar-refractivity contribution in [2.75, 3.05) is 39.0 Å². The minimum Gasteiger partial charge on any atom is -0.459 e. The normalized spacial score (nSPS) is 27.3. The summed E-state index contributed by atoms with van der Waals surface area (Å²) in [5.74, 6) is 1.03. The van der Waals surface area contributed by atoms with Gasteiger partial charge < -0.3 is 14.6 Å². The van der Waals surface area contributed by atoms with Gasteiger partial charge in [0, 0.05) is 43.7 Å². The summed E-state index contributed by atoms with van der Waals surface area (Å²) in [4.78, 5) is 16.8. The summed E-state index contributed by atoms with van der Waals surface area (Å²) in [5.41, 5.74) is 1.90. The fraction of sp³-hybridized carbons (Fsp3) is 0.550. The highest BCUT2D eigenvalue weighted by atomic mass is 32.2. The summed E-state index contributed by atoms with van der Waals surface area (Å²) in [6.45, 7) is 3.06. The first-order valence-corrected chi connectivity index (χ1v) is 12.0. The number of nitrogens with zero attached hydrogens (tertiary/aromatic N) is 2. The number of carbonyl (C=O) groups excluding carboxylic acids is 1. The molecule has 1 spiro atoms. The quantitative estimate of drug-likeness (QED) is 0.784. The molecule has 29 heavy (non-hydrogen) atoms. The molecule has 0 radical (unpaired) electrons. The lowest BCUT2D eigenvalue weighted by atomic mass is 9.79. The van der Waals surface area contributed by atoms with E-state index in [1.165, 1.54) is 10.9 Å². The van der Waals surface area contributed by atoms with Crippen LogP contribution in [0, 0.1) is 0 Å². The van der Waals surface area contributed by atoms with Gasteiger partial charge in [0.05, 0.1) is 17.8 Å². The van der Waals surface area contributed by atoms with Crippen molar-refractivity contribution in [2.24, 2.45) is 0 Å². The molecule has 0 saturated carbocycles. The molecular formula is C20H26N4O4S. The smallest absolute Gasteiger partial charge is 0.318 e. The highest BCUT2D eigenvalue weighted by Gasteiger charge is 2.51. The van der Waals surface area contributed by atoms with E-state index >= 15 is 0 Å². The first kappa shape index (κ1) is 18.9. The second kappa shape index (κ2) is 6.72. The molecule has 2 N–H and O–H groups in total. The van der Waals surface area contributed by atoms with Crippen LogP contribution in [0.15, 0.2) is 28.7 Å². The van der Waals surface area contributed by atoms with Crippen molar-refractivity contribution in [3.63, 3.8) is 0 Å². The van der Waals surface area contributed by atoms with Crippen LogP contribution in [-0.4, -0.2) is 68.8 Å². The lowest BCUT2D eigenvalue weighted by Crippen LogP contribution is -2.57. The lowest BCUT2D eigenvalue weighted by Gasteiger charge is -2.49. The highest BCUT2D eigenvalue weighted by molar-refractivity contribution is 7.88. The van der Waals surface area contributed by atoms with Gasteiger partial charge in [-0.1, -0.05) is 18.2 Å². The maximum Gasteiger partial charge on any atom is 0.318 e. The van der Waals surface area contributed by atoms with E-state index in [-0.39, 0.29) is 24.2 Å². The third-order valence-electron chi connectivity index (χ3n) is 6.65. The molecule has 0 unspecified atom stereocenters. The number of urea groups is 1. The highest BCUT2D eigenvalue weighted by Crippen LogP contribution is 2.46. The van der Waals surface area contributed by atoms with E-state index in [0.29, 0.717) is 13.1 Å². The van der Waals surface area contributed by atoms with Crippen molar-refractivity contribution < 1.29 is 17.6 Å². The van der Waals surface area contributed by atoms with Gasteiger partial charge in [-0.3, -0.25) is 4.90 Å². The van der Waals surface area contributed by atoms with Crippen LogP contribution in [0.1, 0.15) is 30.2 Å². The molecule has 0 bridgehead atoms. The number of amides is 2. The topological polar surface area (TPSA) is 94.9 Å². The Bertz CT molecular complexity index is 1070. The van der Waals surface area contributed by atoms with Crippen LogP contribution < -0.4 is 10.0 Å². The summed E-state index contributed by atoms with van der Waals surface area (Å²) < 4.78 is 31.6. The molecule has 156 valence electrons. The zero-order chi connectivity index (χ0) is 20.2. The van der Waals surface area contributed by atoms with Gasteiger partial charge in [-0.2, -0.15) is 0 Å². The molecule has 9 heteroatoms. The molecule has 2 aromatic rings. The molecule has 2 atom stereocenters. The molecule has 8 nitrogen and oxygen atoms in total. The minimum absolute atomic E-state index is 0.116. The zero-order valence-electron chi connectivity index (χ0n) is 16.5. The standard InChI is InChI=1S/C20H26N4O4S/c1-29(26,27)22-8-11-24-19(25)21-13-20(24)7-10-23-9-6-15-14-4-2-3-5-17(14)28-18(15)16(23)12-20/h2-5,16,22H,6-13H2,1H3,(H,21,25)/t16-,20+/m0/s1. The molecule has 4 heterocycles. The fourth-order valence-electron chi connectivity index (χ4n) is 5.26. The van der Waals surface area contributed by atoms with Crippen LogP contribution in [0.5, 0.6) is 0 Å². The van der Waals surface area contributed by atoms with Gasteiger partial charge in [0.25, 0.3) is 0 Å². The largest absolute Gasteiger partial charge is 0.459 e. The minimum atomic E-state index is -3.28. The van der Waals surface area contributed by atoms with Gasteiger partial charge >= 0.3 is 6.03 Å². The van der Waals surface area contributed by atoms with E-state index in [9.17, 15) is 13.2 Å². The molecule has 5 rings (SSSR count). The number of para-hydroxylation sites is 1. The third-order valence-corrected chi connectivity index (χ3v) is 7.37. The van der Waals surface area contributed by atoms with Gasteiger partial charge in [-0.05, 0) is 25.3 Å². The van der Waals surface area contributed by atoms with E-state index in [1.807, 2.05) is 23.1 Å². The molecular weight excluding hydrogens is 392 g/mol. The van der Waals surface area contributed by atoms with Gasteiger partial charge in [-0.15, -0.1) is 0 Å². The van der Waals surface area contributed by atoms with Crippen molar-refractivity contribution in [3.05, 3.63) is 35.6 Å². The van der Waals surface area contributed by atoms with Crippen LogP contribution in [0.25, 0.3) is 11.0 Å². The first-order valence-electron chi connectivity index (χ1n) is 10.1. The van der Waals surface area contributed by atoms with Crippen LogP contribution >= 0.6 is 0 Å². The maximum absolute atomic E-state index is 12.6. The van der Waals surface area contributed by atoms with Crippen LogP contribution in [-0.2, 0) is 16.4 Å². The molecule has 2 fully saturated rings. The Morgan fingerprint density at radius 2 is 2.14 bits per heavy atom. The molecule has 3 aliphatic heterocycles. The Balaban J connectivity index is 1.43. The first-order chi connectivity index (χ1) is 13.9. The van der Waals surface area contributed by atoms with E-state index in [0.717, 1.165) is 50.0 Å². The maximum atomic E-state index is 12.6. The Morgan fingerprint density at radius 1 is 1.31 bits per heavy atom. The SMILES string of the molecule is CS(=O)(=O)NCCN1C(=O)NC[C@]12CCN1CCc3c(oc4ccccc34)[C@@H]1C2. The van der Waals surface area contributed by atoms with Gasteiger partial charge in [0.2, 0.25) is 10.0 Å². The average Bonchev–Trinajstić information content (AvgIpc) is 3.21. The van der Waals surface area contributed by atoms with Crippen molar-refractivity contribution in [2.45, 2.75) is 30.8 Å².